The van der Waals surface area contributed by atoms with Crippen LogP contribution in [0, 0.1) is 0 Å². The molecule has 0 unspecified atom stereocenters. The first kappa shape index (κ1) is 15.4. The molecule has 2 heterocycles. The zero-order valence-electron chi connectivity index (χ0n) is 13.0. The van der Waals surface area contributed by atoms with Gasteiger partial charge in [0.25, 0.3) is 11.5 Å². The monoisotopic (exact) mass is 351 g/mol. The van der Waals surface area contributed by atoms with Crippen LogP contribution in [-0.4, -0.2) is 32.4 Å². The Morgan fingerprint density at radius 3 is 2.96 bits per heavy atom. The standard InChI is InChI=1S/C17H13N5O2S/c23-16(11-5-6-14-15(9-11)25-10-19-14)18-7-8-22-17(24)12-3-1-2-4-13(12)20-21-22/h1-6,9-10H,7-8H2,(H,18,23). The Labute approximate surface area is 145 Å². The molecule has 0 aliphatic heterocycles. The first-order valence-corrected chi connectivity index (χ1v) is 8.54. The summed E-state index contributed by atoms with van der Waals surface area (Å²) in [6.07, 6.45) is 0. The summed E-state index contributed by atoms with van der Waals surface area (Å²) in [6, 6.07) is 12.4. The van der Waals surface area contributed by atoms with Gasteiger partial charge in [-0.25, -0.2) is 9.67 Å². The summed E-state index contributed by atoms with van der Waals surface area (Å²) in [4.78, 5) is 28.8. The van der Waals surface area contributed by atoms with Crippen molar-refractivity contribution in [3.05, 3.63) is 63.9 Å². The molecular formula is C17H13N5O2S. The molecule has 4 aromatic rings. The summed E-state index contributed by atoms with van der Waals surface area (Å²) < 4.78 is 2.22. The van der Waals surface area contributed by atoms with Gasteiger partial charge in [0.2, 0.25) is 0 Å². The molecule has 1 amide bonds. The first-order chi connectivity index (χ1) is 12.2. The van der Waals surface area contributed by atoms with E-state index in [1.807, 2.05) is 12.1 Å². The molecule has 25 heavy (non-hydrogen) atoms. The molecule has 4 rings (SSSR count). The van der Waals surface area contributed by atoms with Gasteiger partial charge < -0.3 is 5.32 Å². The summed E-state index contributed by atoms with van der Waals surface area (Å²) in [7, 11) is 0. The largest absolute Gasteiger partial charge is 0.350 e. The SMILES string of the molecule is O=C(NCCn1nnc2ccccc2c1=O)c1ccc2ncsc2c1. The Balaban J connectivity index is 1.46. The molecule has 0 radical (unpaired) electrons. The first-order valence-electron chi connectivity index (χ1n) is 7.66. The Morgan fingerprint density at radius 1 is 1.16 bits per heavy atom. The minimum Gasteiger partial charge on any atom is -0.350 e. The predicted molar refractivity (Wildman–Crippen MR) is 95.8 cm³/mol. The van der Waals surface area contributed by atoms with Gasteiger partial charge in [-0.3, -0.25) is 9.59 Å². The fourth-order valence-corrected chi connectivity index (χ4v) is 3.26. The molecule has 0 saturated heterocycles. The molecule has 0 spiro atoms. The second-order valence-electron chi connectivity index (χ2n) is 5.43. The van der Waals surface area contributed by atoms with E-state index in [2.05, 4.69) is 20.6 Å². The lowest BCUT2D eigenvalue weighted by molar-refractivity contribution is 0.0952. The van der Waals surface area contributed by atoms with Crippen molar-refractivity contribution in [1.82, 2.24) is 25.3 Å². The molecule has 2 aromatic carbocycles. The number of rotatable bonds is 4. The maximum absolute atomic E-state index is 12.3. The van der Waals surface area contributed by atoms with Gasteiger partial charge in [-0.2, -0.15) is 0 Å². The number of benzene rings is 2. The third kappa shape index (κ3) is 2.99. The van der Waals surface area contributed by atoms with Crippen molar-refractivity contribution in [1.29, 1.82) is 0 Å². The van der Waals surface area contributed by atoms with Gasteiger partial charge in [-0.15, -0.1) is 16.4 Å². The van der Waals surface area contributed by atoms with E-state index in [4.69, 9.17) is 0 Å². The Hall–Kier alpha value is -3.13. The van der Waals surface area contributed by atoms with Gasteiger partial charge in [0, 0.05) is 12.1 Å². The molecule has 2 aromatic heterocycles. The second kappa shape index (κ2) is 6.40. The number of nitrogens with one attached hydrogen (secondary N) is 1. The Kier molecular flexibility index (Phi) is 3.95. The van der Waals surface area contributed by atoms with Crippen LogP contribution >= 0.6 is 11.3 Å². The number of fused-ring (bicyclic) bond motifs is 2. The number of hydrogen-bond donors (Lipinski definition) is 1. The predicted octanol–water partition coefficient (Wildman–Crippen LogP) is 1.83. The van der Waals surface area contributed by atoms with Crippen LogP contribution in [0.4, 0.5) is 0 Å². The van der Waals surface area contributed by atoms with E-state index in [0.29, 0.717) is 16.5 Å². The zero-order chi connectivity index (χ0) is 17.2. The Bertz CT molecular complexity index is 1130. The molecule has 0 aliphatic carbocycles. The van der Waals surface area contributed by atoms with Gasteiger partial charge >= 0.3 is 0 Å². The van der Waals surface area contributed by atoms with Crippen molar-refractivity contribution >= 4 is 38.4 Å². The van der Waals surface area contributed by atoms with Gasteiger partial charge in [0.1, 0.15) is 5.52 Å². The molecule has 0 aliphatic rings. The number of aromatic nitrogens is 4. The van der Waals surface area contributed by atoms with Crippen LogP contribution in [0.25, 0.3) is 21.1 Å². The smallest absolute Gasteiger partial charge is 0.277 e. The Morgan fingerprint density at radius 2 is 2.04 bits per heavy atom. The third-order valence-electron chi connectivity index (χ3n) is 3.83. The number of carbonyl (C=O) groups excluding carboxylic acids is 1. The average molecular weight is 351 g/mol. The molecule has 1 N–H and O–H groups in total. The fraction of sp³-hybridized carbons (Fsp3) is 0.118. The van der Waals surface area contributed by atoms with Crippen molar-refractivity contribution < 1.29 is 4.79 Å². The van der Waals surface area contributed by atoms with Crippen molar-refractivity contribution in [2.45, 2.75) is 6.54 Å². The van der Waals surface area contributed by atoms with Crippen molar-refractivity contribution in [3.63, 3.8) is 0 Å². The van der Waals surface area contributed by atoms with E-state index in [1.54, 1.807) is 35.8 Å². The number of carbonyl (C=O) groups is 1. The number of nitrogens with zero attached hydrogens (tertiary/aromatic N) is 4. The quantitative estimate of drug-likeness (QED) is 0.606. The highest BCUT2D eigenvalue weighted by Crippen LogP contribution is 2.18. The molecule has 124 valence electrons. The molecule has 8 heteroatoms. The van der Waals surface area contributed by atoms with Gasteiger partial charge in [0.05, 0.1) is 27.7 Å². The van der Waals surface area contributed by atoms with Crippen molar-refractivity contribution in [2.24, 2.45) is 0 Å². The van der Waals surface area contributed by atoms with E-state index < -0.39 is 0 Å². The van der Waals surface area contributed by atoms with E-state index in [9.17, 15) is 9.59 Å². The maximum atomic E-state index is 12.3. The van der Waals surface area contributed by atoms with Crippen molar-refractivity contribution in [2.75, 3.05) is 6.54 Å². The van der Waals surface area contributed by atoms with Crippen LogP contribution in [0.15, 0.2) is 52.8 Å². The molecule has 0 atom stereocenters. The average Bonchev–Trinajstić information content (AvgIpc) is 3.11. The van der Waals surface area contributed by atoms with Crippen LogP contribution in [0.2, 0.25) is 0 Å². The summed E-state index contributed by atoms with van der Waals surface area (Å²) in [5.41, 5.74) is 3.53. The van der Waals surface area contributed by atoms with Crippen molar-refractivity contribution in [3.8, 4) is 0 Å². The maximum Gasteiger partial charge on any atom is 0.277 e. The number of amides is 1. The number of thiazole rings is 1. The fourth-order valence-electron chi connectivity index (χ4n) is 2.54. The minimum atomic E-state index is -0.217. The molecular weight excluding hydrogens is 338 g/mol. The summed E-state index contributed by atoms with van der Waals surface area (Å²) in [5.74, 6) is -0.197. The zero-order valence-corrected chi connectivity index (χ0v) is 13.9. The summed E-state index contributed by atoms with van der Waals surface area (Å²) >= 11 is 1.49. The van der Waals surface area contributed by atoms with Crippen LogP contribution in [0.3, 0.4) is 0 Å². The molecule has 0 saturated carbocycles. The highest BCUT2D eigenvalue weighted by molar-refractivity contribution is 7.16. The van der Waals surface area contributed by atoms with E-state index in [1.165, 1.54) is 16.0 Å². The van der Waals surface area contributed by atoms with E-state index in [-0.39, 0.29) is 24.6 Å². The van der Waals surface area contributed by atoms with Crippen LogP contribution < -0.4 is 10.9 Å². The third-order valence-corrected chi connectivity index (χ3v) is 4.62. The lowest BCUT2D eigenvalue weighted by Gasteiger charge is -2.07. The molecule has 7 nitrogen and oxygen atoms in total. The second-order valence-corrected chi connectivity index (χ2v) is 6.31. The minimum absolute atomic E-state index is 0.197. The van der Waals surface area contributed by atoms with Gasteiger partial charge in [-0.05, 0) is 30.3 Å². The highest BCUT2D eigenvalue weighted by Gasteiger charge is 2.08. The van der Waals surface area contributed by atoms with Crippen LogP contribution in [0.1, 0.15) is 10.4 Å². The highest BCUT2D eigenvalue weighted by atomic mass is 32.1. The molecule has 0 fully saturated rings. The van der Waals surface area contributed by atoms with E-state index in [0.717, 1.165) is 10.2 Å². The van der Waals surface area contributed by atoms with Gasteiger partial charge in [-0.1, -0.05) is 17.3 Å². The summed E-state index contributed by atoms with van der Waals surface area (Å²) in [6.45, 7) is 0.539. The lowest BCUT2D eigenvalue weighted by atomic mass is 10.2. The van der Waals surface area contributed by atoms with Crippen LogP contribution in [0.5, 0.6) is 0 Å². The normalized spacial score (nSPS) is 11.0. The van der Waals surface area contributed by atoms with Gasteiger partial charge in [0.15, 0.2) is 0 Å². The summed E-state index contributed by atoms with van der Waals surface area (Å²) in [5, 5.41) is 11.2. The molecule has 0 bridgehead atoms. The van der Waals surface area contributed by atoms with Crippen LogP contribution in [-0.2, 0) is 6.54 Å². The van der Waals surface area contributed by atoms with E-state index >= 15 is 0 Å². The lowest BCUT2D eigenvalue weighted by Crippen LogP contribution is -2.32. The number of hydrogen-bond acceptors (Lipinski definition) is 6. The topological polar surface area (TPSA) is 89.8 Å².